The van der Waals surface area contributed by atoms with Gasteiger partial charge in [0.2, 0.25) is 0 Å². The first kappa shape index (κ1) is 19.8. The Morgan fingerprint density at radius 1 is 1.11 bits per heavy atom. The van der Waals surface area contributed by atoms with E-state index < -0.39 is 0 Å². The number of hydrogen-bond acceptors (Lipinski definition) is 4. The standard InChI is InChI=1S/C21H35N5O/c1-3-10-24-11-8-18(9-12-24)17-23-21(22-2)26-15-13-25(14-16-26)19-6-4-5-7-20(19)27/h4-7,18,27H,3,8-17H2,1-2H3,(H,22,23). The van der Waals surface area contributed by atoms with Crippen LogP contribution in [0.25, 0.3) is 0 Å². The molecule has 6 nitrogen and oxygen atoms in total. The van der Waals surface area contributed by atoms with Crippen LogP contribution in [-0.2, 0) is 0 Å². The van der Waals surface area contributed by atoms with E-state index >= 15 is 0 Å². The molecule has 1 aromatic rings. The van der Waals surface area contributed by atoms with Crippen molar-refractivity contribution in [3.05, 3.63) is 24.3 Å². The van der Waals surface area contributed by atoms with E-state index in [9.17, 15) is 5.11 Å². The summed E-state index contributed by atoms with van der Waals surface area (Å²) in [4.78, 5) is 11.7. The zero-order chi connectivity index (χ0) is 19.1. The summed E-state index contributed by atoms with van der Waals surface area (Å²) in [5, 5.41) is 13.7. The first-order valence-corrected chi connectivity index (χ1v) is 10.4. The van der Waals surface area contributed by atoms with Crippen molar-refractivity contribution in [3.8, 4) is 5.75 Å². The maximum atomic E-state index is 10.1. The third-order valence-corrected chi connectivity index (χ3v) is 5.81. The molecular formula is C21H35N5O. The number of anilines is 1. The monoisotopic (exact) mass is 373 g/mol. The van der Waals surface area contributed by atoms with Gasteiger partial charge in [-0.2, -0.15) is 0 Å². The van der Waals surface area contributed by atoms with Crippen LogP contribution in [0, 0.1) is 5.92 Å². The molecule has 0 amide bonds. The molecule has 2 aliphatic rings. The van der Waals surface area contributed by atoms with E-state index in [1.54, 1.807) is 6.07 Å². The van der Waals surface area contributed by atoms with Crippen LogP contribution >= 0.6 is 0 Å². The summed E-state index contributed by atoms with van der Waals surface area (Å²) in [6.45, 7) is 10.6. The molecule has 1 aromatic carbocycles. The van der Waals surface area contributed by atoms with Gasteiger partial charge >= 0.3 is 0 Å². The fourth-order valence-corrected chi connectivity index (χ4v) is 4.19. The molecule has 150 valence electrons. The fourth-order valence-electron chi connectivity index (χ4n) is 4.19. The number of para-hydroxylation sites is 2. The lowest BCUT2D eigenvalue weighted by Crippen LogP contribution is -2.53. The van der Waals surface area contributed by atoms with Crippen molar-refractivity contribution in [1.29, 1.82) is 0 Å². The molecule has 0 bridgehead atoms. The van der Waals surface area contributed by atoms with Crippen molar-refractivity contribution in [3.63, 3.8) is 0 Å². The van der Waals surface area contributed by atoms with E-state index in [-0.39, 0.29) is 0 Å². The number of rotatable bonds is 5. The molecule has 6 heteroatoms. The number of phenols is 1. The Hall–Kier alpha value is -1.95. The van der Waals surface area contributed by atoms with Crippen LogP contribution in [-0.4, -0.2) is 80.3 Å². The van der Waals surface area contributed by atoms with Crippen LogP contribution in [0.4, 0.5) is 5.69 Å². The number of nitrogens with zero attached hydrogens (tertiary/aromatic N) is 4. The van der Waals surface area contributed by atoms with E-state index in [2.05, 4.69) is 31.9 Å². The summed E-state index contributed by atoms with van der Waals surface area (Å²) in [5.41, 5.74) is 0.930. The molecule has 3 rings (SSSR count). The van der Waals surface area contributed by atoms with E-state index in [0.717, 1.165) is 50.3 Å². The predicted octanol–water partition coefficient (Wildman–Crippen LogP) is 2.21. The van der Waals surface area contributed by atoms with E-state index in [0.29, 0.717) is 5.75 Å². The Kier molecular flexibility index (Phi) is 7.21. The van der Waals surface area contributed by atoms with Crippen LogP contribution in [0.5, 0.6) is 5.75 Å². The zero-order valence-electron chi connectivity index (χ0n) is 16.9. The minimum atomic E-state index is 0.364. The third kappa shape index (κ3) is 5.28. The van der Waals surface area contributed by atoms with Crippen LogP contribution in [0.2, 0.25) is 0 Å². The predicted molar refractivity (Wildman–Crippen MR) is 113 cm³/mol. The Morgan fingerprint density at radius 2 is 1.81 bits per heavy atom. The smallest absolute Gasteiger partial charge is 0.193 e. The molecule has 0 unspecified atom stereocenters. The topological polar surface area (TPSA) is 54.3 Å². The van der Waals surface area contributed by atoms with Gasteiger partial charge in [0.15, 0.2) is 5.96 Å². The van der Waals surface area contributed by atoms with E-state index in [4.69, 9.17) is 0 Å². The number of aromatic hydroxyl groups is 1. The summed E-state index contributed by atoms with van der Waals surface area (Å²) in [7, 11) is 1.88. The molecule has 27 heavy (non-hydrogen) atoms. The van der Waals surface area contributed by atoms with Crippen LogP contribution in [0.15, 0.2) is 29.3 Å². The van der Waals surface area contributed by atoms with Crippen molar-refractivity contribution in [2.24, 2.45) is 10.9 Å². The highest BCUT2D eigenvalue weighted by atomic mass is 16.3. The van der Waals surface area contributed by atoms with Crippen LogP contribution in [0.1, 0.15) is 26.2 Å². The van der Waals surface area contributed by atoms with Crippen molar-refractivity contribution in [2.45, 2.75) is 26.2 Å². The number of aliphatic imine (C=N–C) groups is 1. The summed E-state index contributed by atoms with van der Waals surface area (Å²) in [6.07, 6.45) is 3.82. The van der Waals surface area contributed by atoms with Gasteiger partial charge in [0, 0.05) is 39.8 Å². The Balaban J connectivity index is 1.44. The van der Waals surface area contributed by atoms with E-state index in [1.165, 1.54) is 38.9 Å². The average molecular weight is 374 g/mol. The Morgan fingerprint density at radius 3 is 2.44 bits per heavy atom. The SMILES string of the molecule is CCCN1CCC(CNC(=NC)N2CCN(c3ccccc3O)CC2)CC1. The van der Waals surface area contributed by atoms with Crippen molar-refractivity contribution >= 4 is 11.6 Å². The lowest BCUT2D eigenvalue weighted by atomic mass is 9.97. The van der Waals surface area contributed by atoms with Gasteiger partial charge in [-0.1, -0.05) is 19.1 Å². The number of guanidine groups is 1. The molecule has 2 fully saturated rings. The number of benzene rings is 1. The molecule has 2 aliphatic heterocycles. The quantitative estimate of drug-likeness (QED) is 0.612. The molecule has 0 radical (unpaired) electrons. The highest BCUT2D eigenvalue weighted by Crippen LogP contribution is 2.27. The average Bonchev–Trinajstić information content (AvgIpc) is 2.71. The van der Waals surface area contributed by atoms with Gasteiger partial charge in [-0.15, -0.1) is 0 Å². The first-order valence-electron chi connectivity index (χ1n) is 10.4. The maximum absolute atomic E-state index is 10.1. The van der Waals surface area contributed by atoms with E-state index in [1.807, 2.05) is 25.2 Å². The van der Waals surface area contributed by atoms with Gasteiger partial charge in [0.25, 0.3) is 0 Å². The third-order valence-electron chi connectivity index (χ3n) is 5.81. The Labute approximate surface area is 163 Å². The number of likely N-dealkylation sites (tertiary alicyclic amines) is 1. The zero-order valence-corrected chi connectivity index (χ0v) is 16.9. The van der Waals surface area contributed by atoms with Crippen LogP contribution in [0.3, 0.4) is 0 Å². The molecular weight excluding hydrogens is 338 g/mol. The second kappa shape index (κ2) is 9.83. The van der Waals surface area contributed by atoms with Gasteiger partial charge in [-0.3, -0.25) is 4.99 Å². The minimum Gasteiger partial charge on any atom is -0.506 e. The highest BCUT2D eigenvalue weighted by molar-refractivity contribution is 5.80. The number of piperazine rings is 1. The van der Waals surface area contributed by atoms with Gasteiger partial charge in [0.1, 0.15) is 5.75 Å². The first-order chi connectivity index (χ1) is 13.2. The van der Waals surface area contributed by atoms with Gasteiger partial charge in [-0.05, 0) is 56.9 Å². The van der Waals surface area contributed by atoms with Gasteiger partial charge < -0.3 is 25.1 Å². The normalized spacial score (nSPS) is 20.1. The summed E-state index contributed by atoms with van der Waals surface area (Å²) in [5.74, 6) is 2.13. The Bertz CT molecular complexity index is 604. The molecule has 0 atom stereocenters. The van der Waals surface area contributed by atoms with Crippen molar-refractivity contribution < 1.29 is 5.11 Å². The number of phenolic OH excluding ortho intramolecular Hbond substituents is 1. The van der Waals surface area contributed by atoms with Gasteiger partial charge in [-0.25, -0.2) is 0 Å². The van der Waals surface area contributed by atoms with Crippen molar-refractivity contribution in [1.82, 2.24) is 15.1 Å². The van der Waals surface area contributed by atoms with Crippen LogP contribution < -0.4 is 10.2 Å². The number of piperidine rings is 1. The molecule has 2 saturated heterocycles. The lowest BCUT2D eigenvalue weighted by molar-refractivity contribution is 0.184. The van der Waals surface area contributed by atoms with Gasteiger partial charge in [0.05, 0.1) is 5.69 Å². The van der Waals surface area contributed by atoms with Crippen molar-refractivity contribution in [2.75, 3.05) is 64.3 Å². The lowest BCUT2D eigenvalue weighted by Gasteiger charge is -2.38. The molecule has 2 N–H and O–H groups in total. The summed E-state index contributed by atoms with van der Waals surface area (Å²) in [6, 6.07) is 7.60. The molecule has 0 spiro atoms. The maximum Gasteiger partial charge on any atom is 0.193 e. The molecule has 0 aromatic heterocycles. The largest absolute Gasteiger partial charge is 0.506 e. The number of hydrogen-bond donors (Lipinski definition) is 2. The highest BCUT2D eigenvalue weighted by Gasteiger charge is 2.23. The molecule has 0 saturated carbocycles. The minimum absolute atomic E-state index is 0.364. The summed E-state index contributed by atoms with van der Waals surface area (Å²) < 4.78 is 0. The fraction of sp³-hybridized carbons (Fsp3) is 0.667. The second-order valence-electron chi connectivity index (χ2n) is 7.68. The summed E-state index contributed by atoms with van der Waals surface area (Å²) >= 11 is 0. The second-order valence-corrected chi connectivity index (χ2v) is 7.68. The molecule has 0 aliphatic carbocycles. The number of nitrogens with one attached hydrogen (secondary N) is 1. The molecule has 2 heterocycles.